The summed E-state index contributed by atoms with van der Waals surface area (Å²) in [5, 5.41) is 2.78. The Labute approximate surface area is 145 Å². The second-order valence-electron chi connectivity index (χ2n) is 5.96. The SMILES string of the molecule is CC(C)c1ccccc1NC(=O)COC(=O)c1cn2ccccc2n1. The Morgan fingerprint density at radius 3 is 2.68 bits per heavy atom. The highest BCUT2D eigenvalue weighted by molar-refractivity contribution is 5.95. The maximum absolute atomic E-state index is 12.1. The largest absolute Gasteiger partial charge is 0.451 e. The number of carbonyl (C=O) groups is 2. The van der Waals surface area contributed by atoms with Crippen LogP contribution in [0.4, 0.5) is 5.69 Å². The number of carbonyl (C=O) groups excluding carboxylic acids is 2. The third-order valence-electron chi connectivity index (χ3n) is 3.76. The van der Waals surface area contributed by atoms with E-state index >= 15 is 0 Å². The highest BCUT2D eigenvalue weighted by atomic mass is 16.5. The third kappa shape index (κ3) is 3.85. The number of nitrogens with zero attached hydrogens (tertiary/aromatic N) is 2. The summed E-state index contributed by atoms with van der Waals surface area (Å²) in [6.45, 7) is 3.74. The number of ether oxygens (including phenoxy) is 1. The summed E-state index contributed by atoms with van der Waals surface area (Å²) in [5.41, 5.74) is 2.57. The molecular weight excluding hydrogens is 318 g/mol. The quantitative estimate of drug-likeness (QED) is 0.725. The van der Waals surface area contributed by atoms with Crippen LogP contribution in [0.15, 0.2) is 54.9 Å². The fourth-order valence-electron chi connectivity index (χ4n) is 2.54. The number of imidazole rings is 1. The predicted octanol–water partition coefficient (Wildman–Crippen LogP) is 3.25. The van der Waals surface area contributed by atoms with Crippen molar-refractivity contribution in [3.8, 4) is 0 Å². The number of benzene rings is 1. The van der Waals surface area contributed by atoms with Crippen molar-refractivity contribution in [1.82, 2.24) is 9.38 Å². The number of amides is 1. The molecule has 3 aromatic rings. The number of hydrogen-bond donors (Lipinski definition) is 1. The van der Waals surface area contributed by atoms with Gasteiger partial charge in [0.1, 0.15) is 5.65 Å². The van der Waals surface area contributed by atoms with Gasteiger partial charge in [-0.3, -0.25) is 4.79 Å². The van der Waals surface area contributed by atoms with Crippen molar-refractivity contribution >= 4 is 23.2 Å². The van der Waals surface area contributed by atoms with Crippen LogP contribution in [0.2, 0.25) is 0 Å². The molecule has 6 heteroatoms. The molecule has 25 heavy (non-hydrogen) atoms. The Hall–Kier alpha value is -3.15. The number of aromatic nitrogens is 2. The molecule has 6 nitrogen and oxygen atoms in total. The molecule has 2 aromatic heterocycles. The average molecular weight is 337 g/mol. The number of para-hydroxylation sites is 1. The Balaban J connectivity index is 1.61. The molecule has 0 saturated carbocycles. The van der Waals surface area contributed by atoms with E-state index in [1.54, 1.807) is 22.9 Å². The molecule has 0 aliphatic rings. The van der Waals surface area contributed by atoms with E-state index in [0.717, 1.165) is 11.3 Å². The normalized spacial score (nSPS) is 10.8. The number of nitrogens with one attached hydrogen (secondary N) is 1. The molecule has 0 fully saturated rings. The van der Waals surface area contributed by atoms with Crippen LogP contribution in [0.1, 0.15) is 35.8 Å². The van der Waals surface area contributed by atoms with Gasteiger partial charge in [-0.2, -0.15) is 0 Å². The van der Waals surface area contributed by atoms with Gasteiger partial charge >= 0.3 is 5.97 Å². The van der Waals surface area contributed by atoms with E-state index in [-0.39, 0.29) is 24.1 Å². The van der Waals surface area contributed by atoms with Gasteiger partial charge in [-0.15, -0.1) is 0 Å². The Morgan fingerprint density at radius 1 is 1.16 bits per heavy atom. The number of pyridine rings is 1. The first-order valence-corrected chi connectivity index (χ1v) is 8.04. The third-order valence-corrected chi connectivity index (χ3v) is 3.76. The molecule has 0 unspecified atom stereocenters. The topological polar surface area (TPSA) is 72.7 Å². The minimum Gasteiger partial charge on any atom is -0.451 e. The fraction of sp³-hybridized carbons (Fsp3) is 0.211. The van der Waals surface area contributed by atoms with Crippen molar-refractivity contribution in [2.24, 2.45) is 0 Å². The predicted molar refractivity (Wildman–Crippen MR) is 94.6 cm³/mol. The van der Waals surface area contributed by atoms with Gasteiger partial charge < -0.3 is 14.5 Å². The number of fused-ring (bicyclic) bond motifs is 1. The maximum atomic E-state index is 12.1. The first-order chi connectivity index (χ1) is 12.0. The van der Waals surface area contributed by atoms with E-state index < -0.39 is 5.97 Å². The summed E-state index contributed by atoms with van der Waals surface area (Å²) >= 11 is 0. The molecule has 1 N–H and O–H groups in total. The standard InChI is InChI=1S/C19H19N3O3/c1-13(2)14-7-3-4-8-15(14)21-18(23)12-25-19(24)16-11-22-10-6-5-9-17(22)20-16/h3-11,13H,12H2,1-2H3,(H,21,23). The van der Waals surface area contributed by atoms with Crippen LogP contribution in [0.5, 0.6) is 0 Å². The Morgan fingerprint density at radius 2 is 1.92 bits per heavy atom. The first kappa shape index (κ1) is 16.7. The molecule has 0 atom stereocenters. The van der Waals surface area contributed by atoms with E-state index in [2.05, 4.69) is 24.1 Å². The molecule has 0 radical (unpaired) electrons. The number of anilines is 1. The van der Waals surface area contributed by atoms with E-state index in [0.29, 0.717) is 5.65 Å². The van der Waals surface area contributed by atoms with Crippen LogP contribution in [0.25, 0.3) is 5.65 Å². The van der Waals surface area contributed by atoms with Gasteiger partial charge in [-0.1, -0.05) is 38.1 Å². The molecule has 1 aromatic carbocycles. The van der Waals surface area contributed by atoms with Gasteiger partial charge in [-0.05, 0) is 29.7 Å². The number of hydrogen-bond acceptors (Lipinski definition) is 4. The molecule has 0 spiro atoms. The van der Waals surface area contributed by atoms with E-state index in [4.69, 9.17) is 4.74 Å². The van der Waals surface area contributed by atoms with Crippen LogP contribution in [-0.4, -0.2) is 27.9 Å². The van der Waals surface area contributed by atoms with Crippen LogP contribution < -0.4 is 5.32 Å². The second-order valence-corrected chi connectivity index (χ2v) is 5.96. The fourth-order valence-corrected chi connectivity index (χ4v) is 2.54. The summed E-state index contributed by atoms with van der Waals surface area (Å²) in [6.07, 6.45) is 3.36. The van der Waals surface area contributed by atoms with Gasteiger partial charge in [0.25, 0.3) is 5.91 Å². The maximum Gasteiger partial charge on any atom is 0.359 e. The highest BCUT2D eigenvalue weighted by Crippen LogP contribution is 2.23. The molecule has 0 saturated heterocycles. The summed E-state index contributed by atoms with van der Waals surface area (Å²) in [7, 11) is 0. The zero-order valence-electron chi connectivity index (χ0n) is 14.1. The molecule has 3 rings (SSSR count). The lowest BCUT2D eigenvalue weighted by Gasteiger charge is -2.13. The van der Waals surface area contributed by atoms with Gasteiger partial charge in [-0.25, -0.2) is 9.78 Å². The summed E-state index contributed by atoms with van der Waals surface area (Å²) in [6, 6.07) is 13.0. The molecule has 1 amide bonds. The Kier molecular flexibility index (Phi) is 4.79. The van der Waals surface area contributed by atoms with E-state index in [1.165, 1.54) is 0 Å². The lowest BCUT2D eigenvalue weighted by Crippen LogP contribution is -2.21. The number of rotatable bonds is 5. The monoisotopic (exact) mass is 337 g/mol. The van der Waals surface area contributed by atoms with Gasteiger partial charge in [0.15, 0.2) is 12.3 Å². The minimum atomic E-state index is -0.629. The second kappa shape index (κ2) is 7.17. The Bertz CT molecular complexity index is 882. The van der Waals surface area contributed by atoms with Crippen molar-refractivity contribution in [2.75, 3.05) is 11.9 Å². The van der Waals surface area contributed by atoms with Crippen LogP contribution in [0, 0.1) is 0 Å². The van der Waals surface area contributed by atoms with Gasteiger partial charge in [0.05, 0.1) is 0 Å². The molecule has 0 aliphatic carbocycles. The average Bonchev–Trinajstić information content (AvgIpc) is 3.04. The number of esters is 1. The molecule has 0 bridgehead atoms. The van der Waals surface area contributed by atoms with E-state index in [1.807, 2.05) is 36.4 Å². The van der Waals surface area contributed by atoms with Crippen LogP contribution in [0.3, 0.4) is 0 Å². The van der Waals surface area contributed by atoms with Crippen LogP contribution in [-0.2, 0) is 9.53 Å². The van der Waals surface area contributed by atoms with Gasteiger partial charge in [0, 0.05) is 18.1 Å². The molecular formula is C19H19N3O3. The van der Waals surface area contributed by atoms with Crippen molar-refractivity contribution in [1.29, 1.82) is 0 Å². The minimum absolute atomic E-state index is 0.168. The molecule has 128 valence electrons. The van der Waals surface area contributed by atoms with Crippen molar-refractivity contribution < 1.29 is 14.3 Å². The van der Waals surface area contributed by atoms with E-state index in [9.17, 15) is 9.59 Å². The zero-order chi connectivity index (χ0) is 17.8. The first-order valence-electron chi connectivity index (χ1n) is 8.04. The molecule has 2 heterocycles. The van der Waals surface area contributed by atoms with Crippen molar-refractivity contribution in [3.63, 3.8) is 0 Å². The van der Waals surface area contributed by atoms with Crippen molar-refractivity contribution in [3.05, 3.63) is 66.1 Å². The lowest BCUT2D eigenvalue weighted by molar-refractivity contribution is -0.119. The zero-order valence-corrected chi connectivity index (χ0v) is 14.1. The lowest BCUT2D eigenvalue weighted by atomic mass is 10.0. The summed E-state index contributed by atoms with van der Waals surface area (Å²) in [4.78, 5) is 28.3. The summed E-state index contributed by atoms with van der Waals surface area (Å²) in [5.74, 6) is -0.738. The smallest absolute Gasteiger partial charge is 0.359 e. The highest BCUT2D eigenvalue weighted by Gasteiger charge is 2.15. The summed E-state index contributed by atoms with van der Waals surface area (Å²) < 4.78 is 6.78. The van der Waals surface area contributed by atoms with Gasteiger partial charge in [0.2, 0.25) is 0 Å². The van der Waals surface area contributed by atoms with Crippen LogP contribution >= 0.6 is 0 Å². The van der Waals surface area contributed by atoms with Crippen molar-refractivity contribution in [2.45, 2.75) is 19.8 Å². The molecule has 0 aliphatic heterocycles.